The van der Waals surface area contributed by atoms with Gasteiger partial charge < -0.3 is 0 Å². The van der Waals surface area contributed by atoms with Gasteiger partial charge in [-0.15, -0.1) is 0 Å². The molecule has 0 N–H and O–H groups in total. The number of thioether (sulfide) groups is 1. The molecule has 0 radical (unpaired) electrons. The van der Waals surface area contributed by atoms with Gasteiger partial charge in [0.15, 0.2) is 0 Å². The van der Waals surface area contributed by atoms with Crippen molar-refractivity contribution in [3.05, 3.63) is 12.2 Å². The number of hydrogen-bond donors (Lipinski definition) is 0. The van der Waals surface area contributed by atoms with Gasteiger partial charge >= 0.3 is 0 Å². The van der Waals surface area contributed by atoms with E-state index >= 15 is 0 Å². The molecule has 0 atom stereocenters. The minimum atomic E-state index is 0.432. The summed E-state index contributed by atoms with van der Waals surface area (Å²) in [6, 6.07) is 0. The van der Waals surface area contributed by atoms with Gasteiger partial charge in [-0.25, -0.2) is 0 Å². The Morgan fingerprint density at radius 3 is 2.31 bits per heavy atom. The average Bonchev–Trinajstić information content (AvgIpc) is 1.93. The van der Waals surface area contributed by atoms with E-state index in [4.69, 9.17) is 0 Å². The summed E-state index contributed by atoms with van der Waals surface area (Å²) in [5.41, 5.74) is 0. The summed E-state index contributed by atoms with van der Waals surface area (Å²) in [5, 5.41) is 0. The number of rotatable bonds is 5. The molecule has 13 heavy (non-hydrogen) atoms. The molecule has 0 amide bonds. The molecule has 0 aliphatic rings. The molecule has 0 saturated heterocycles. The van der Waals surface area contributed by atoms with E-state index in [1.807, 2.05) is 0 Å². The van der Waals surface area contributed by atoms with E-state index in [2.05, 4.69) is 58.5 Å². The average molecular weight is 200 g/mol. The van der Waals surface area contributed by atoms with Crippen LogP contribution in [0.1, 0.15) is 47.5 Å². The fourth-order valence-corrected chi connectivity index (χ4v) is 1.87. The smallest absolute Gasteiger partial charge is 0.00750 e. The predicted molar refractivity (Wildman–Crippen MR) is 65.4 cm³/mol. The van der Waals surface area contributed by atoms with E-state index in [0.29, 0.717) is 10.7 Å². The Hall–Kier alpha value is 0.0900. The maximum atomic E-state index is 2.31. The lowest BCUT2D eigenvalue weighted by Crippen LogP contribution is -2.07. The summed E-state index contributed by atoms with van der Waals surface area (Å²) in [5.74, 6) is 1.99. The van der Waals surface area contributed by atoms with Gasteiger partial charge in [0, 0.05) is 4.75 Å². The molecule has 0 aromatic rings. The largest absolute Gasteiger partial charge is 0.156 e. The Bertz CT molecular complexity index is 140. The molecule has 0 rings (SSSR count). The molecular weight excluding hydrogens is 176 g/mol. The molecule has 0 aromatic heterocycles. The molecule has 78 valence electrons. The molecule has 1 heteroatoms. The normalized spacial score (nSPS) is 13.1. The Morgan fingerprint density at radius 1 is 1.23 bits per heavy atom. The summed E-state index contributed by atoms with van der Waals surface area (Å²) in [6.45, 7) is 11.3. The number of allylic oxidation sites excluding steroid dienone is 2. The van der Waals surface area contributed by atoms with Crippen molar-refractivity contribution in [1.29, 1.82) is 0 Å². The van der Waals surface area contributed by atoms with Crippen molar-refractivity contribution in [2.45, 2.75) is 52.2 Å². The van der Waals surface area contributed by atoms with Crippen molar-refractivity contribution in [3.63, 3.8) is 0 Å². The first-order valence-electron chi connectivity index (χ1n) is 5.22. The van der Waals surface area contributed by atoms with Crippen LogP contribution in [0.2, 0.25) is 0 Å². The zero-order valence-electron chi connectivity index (χ0n) is 9.76. The van der Waals surface area contributed by atoms with Gasteiger partial charge in [-0.1, -0.05) is 46.8 Å². The third-order valence-electron chi connectivity index (χ3n) is 1.57. The van der Waals surface area contributed by atoms with Crippen LogP contribution in [-0.4, -0.2) is 10.5 Å². The van der Waals surface area contributed by atoms with Crippen molar-refractivity contribution in [2.75, 3.05) is 5.75 Å². The first-order chi connectivity index (χ1) is 5.92. The first-order valence-corrected chi connectivity index (χ1v) is 6.21. The van der Waals surface area contributed by atoms with Gasteiger partial charge in [0.1, 0.15) is 0 Å². The molecule has 0 heterocycles. The van der Waals surface area contributed by atoms with Crippen LogP contribution in [0.5, 0.6) is 0 Å². The third-order valence-corrected chi connectivity index (χ3v) is 2.93. The first kappa shape index (κ1) is 13.1. The van der Waals surface area contributed by atoms with Crippen LogP contribution in [0, 0.1) is 5.92 Å². The molecule has 0 bridgehead atoms. The summed E-state index contributed by atoms with van der Waals surface area (Å²) in [6.07, 6.45) is 7.15. The Labute approximate surface area is 88.2 Å². The fourth-order valence-electron chi connectivity index (χ4n) is 0.948. The minimum Gasteiger partial charge on any atom is -0.156 e. The SMILES string of the molecule is CC(C)/C=C\CCCSC(C)(C)C. The van der Waals surface area contributed by atoms with Crippen molar-refractivity contribution in [2.24, 2.45) is 5.92 Å². The zero-order valence-corrected chi connectivity index (χ0v) is 10.6. The van der Waals surface area contributed by atoms with Gasteiger partial charge in [-0.05, 0) is 24.5 Å². The quantitative estimate of drug-likeness (QED) is 0.465. The Kier molecular flexibility index (Phi) is 6.58. The predicted octanol–water partition coefficient (Wildman–Crippen LogP) is 4.51. The topological polar surface area (TPSA) is 0 Å². The van der Waals surface area contributed by atoms with Crippen molar-refractivity contribution >= 4 is 11.8 Å². The van der Waals surface area contributed by atoms with Crippen molar-refractivity contribution in [1.82, 2.24) is 0 Å². The number of unbranched alkanes of at least 4 members (excludes halogenated alkanes) is 1. The highest BCUT2D eigenvalue weighted by Crippen LogP contribution is 2.23. The summed E-state index contributed by atoms with van der Waals surface area (Å²) < 4.78 is 0.432. The molecular formula is C12H24S. The highest BCUT2D eigenvalue weighted by atomic mass is 32.2. The van der Waals surface area contributed by atoms with Gasteiger partial charge in [0.2, 0.25) is 0 Å². The molecule has 0 fully saturated rings. The lowest BCUT2D eigenvalue weighted by atomic mass is 10.2. The Morgan fingerprint density at radius 2 is 1.85 bits per heavy atom. The van der Waals surface area contributed by atoms with Crippen LogP contribution in [0.3, 0.4) is 0 Å². The van der Waals surface area contributed by atoms with Crippen LogP contribution >= 0.6 is 11.8 Å². The van der Waals surface area contributed by atoms with Crippen LogP contribution in [0.4, 0.5) is 0 Å². The molecule has 0 aromatic carbocycles. The van der Waals surface area contributed by atoms with Crippen LogP contribution in [0.25, 0.3) is 0 Å². The summed E-state index contributed by atoms with van der Waals surface area (Å²) >= 11 is 2.06. The van der Waals surface area contributed by atoms with E-state index in [9.17, 15) is 0 Å². The number of hydrogen-bond acceptors (Lipinski definition) is 1. The van der Waals surface area contributed by atoms with E-state index < -0.39 is 0 Å². The summed E-state index contributed by atoms with van der Waals surface area (Å²) in [7, 11) is 0. The van der Waals surface area contributed by atoms with Gasteiger partial charge in [0.25, 0.3) is 0 Å². The molecule has 0 aliphatic carbocycles. The maximum Gasteiger partial charge on any atom is 0.00750 e. The van der Waals surface area contributed by atoms with Crippen molar-refractivity contribution < 1.29 is 0 Å². The molecule has 0 spiro atoms. The van der Waals surface area contributed by atoms with E-state index in [0.717, 1.165) is 0 Å². The molecule has 0 nitrogen and oxygen atoms in total. The van der Waals surface area contributed by atoms with Gasteiger partial charge in [-0.3, -0.25) is 0 Å². The van der Waals surface area contributed by atoms with Gasteiger partial charge in [-0.2, -0.15) is 11.8 Å². The standard InChI is InChI=1S/C12H24S/c1-11(2)9-7-6-8-10-13-12(3,4)5/h7,9,11H,6,8,10H2,1-5H3/b9-7-. The second-order valence-corrected chi connectivity index (χ2v) is 6.70. The van der Waals surface area contributed by atoms with Crippen LogP contribution in [-0.2, 0) is 0 Å². The van der Waals surface area contributed by atoms with Crippen molar-refractivity contribution in [3.8, 4) is 0 Å². The second-order valence-electron chi connectivity index (χ2n) is 4.78. The summed E-state index contributed by atoms with van der Waals surface area (Å²) in [4.78, 5) is 0. The lowest BCUT2D eigenvalue weighted by Gasteiger charge is -2.16. The highest BCUT2D eigenvalue weighted by molar-refractivity contribution is 8.00. The molecule has 0 saturated carbocycles. The van der Waals surface area contributed by atoms with Crippen LogP contribution in [0.15, 0.2) is 12.2 Å². The Balaban J connectivity index is 3.27. The molecule has 0 aliphatic heterocycles. The lowest BCUT2D eigenvalue weighted by molar-refractivity contribution is 0.795. The zero-order chi connectivity index (χ0) is 10.3. The highest BCUT2D eigenvalue weighted by Gasteiger charge is 2.08. The maximum absolute atomic E-state index is 2.31. The van der Waals surface area contributed by atoms with E-state index in [1.165, 1.54) is 18.6 Å². The van der Waals surface area contributed by atoms with Crippen LogP contribution < -0.4 is 0 Å². The van der Waals surface area contributed by atoms with E-state index in [-0.39, 0.29) is 0 Å². The third kappa shape index (κ3) is 12.1. The fraction of sp³-hybridized carbons (Fsp3) is 0.833. The monoisotopic (exact) mass is 200 g/mol. The minimum absolute atomic E-state index is 0.432. The second kappa shape index (κ2) is 6.53. The van der Waals surface area contributed by atoms with Gasteiger partial charge in [0.05, 0.1) is 0 Å². The van der Waals surface area contributed by atoms with E-state index in [1.54, 1.807) is 0 Å². The molecule has 0 unspecified atom stereocenters.